The second kappa shape index (κ2) is 14.2. The van der Waals surface area contributed by atoms with Crippen LogP contribution in [0.5, 0.6) is 0 Å². The van der Waals surface area contributed by atoms with Crippen LogP contribution in [0, 0.1) is 0 Å². The quantitative estimate of drug-likeness (QED) is 0.159. The summed E-state index contributed by atoms with van der Waals surface area (Å²) in [6.45, 7) is 0. The van der Waals surface area contributed by atoms with Crippen LogP contribution >= 0.6 is 0 Å². The molecule has 0 bridgehead atoms. The molecule has 63 heavy (non-hydrogen) atoms. The van der Waals surface area contributed by atoms with E-state index in [0.717, 1.165) is 17.8 Å². The molecule has 2 heterocycles. The number of para-hydroxylation sites is 2. The normalized spacial score (nSPS) is 12.1. The van der Waals surface area contributed by atoms with E-state index < -0.39 is 0 Å². The molecule has 0 saturated heterocycles. The van der Waals surface area contributed by atoms with Crippen LogP contribution in [0.1, 0.15) is 11.1 Å². The van der Waals surface area contributed by atoms with Crippen LogP contribution < -0.4 is 0 Å². The molecular weight excluding hydrogens is 761 g/mol. The molecule has 2 nitrogen and oxygen atoms in total. The predicted molar refractivity (Wildman–Crippen MR) is 265 cm³/mol. The van der Waals surface area contributed by atoms with Crippen LogP contribution in [-0.4, -0.2) is 9.13 Å². The molecule has 12 aromatic rings. The van der Waals surface area contributed by atoms with Gasteiger partial charge in [-0.05, 0) is 134 Å². The highest BCUT2D eigenvalue weighted by Gasteiger charge is 2.24. The number of hydrogen-bond donors (Lipinski definition) is 0. The van der Waals surface area contributed by atoms with Gasteiger partial charge in [0.1, 0.15) is 0 Å². The predicted octanol–water partition coefficient (Wildman–Crippen LogP) is 16.1. The highest BCUT2D eigenvalue weighted by Crippen LogP contribution is 2.46. The van der Waals surface area contributed by atoms with Crippen LogP contribution in [0.15, 0.2) is 231 Å². The summed E-state index contributed by atoms with van der Waals surface area (Å²) < 4.78 is 4.91. The monoisotopic (exact) mass is 800 g/mol. The van der Waals surface area contributed by atoms with E-state index in [9.17, 15) is 0 Å². The lowest BCUT2D eigenvalue weighted by molar-refractivity contribution is 1.17. The molecule has 0 radical (unpaired) electrons. The number of fused-ring (bicyclic) bond motifs is 10. The summed E-state index contributed by atoms with van der Waals surface area (Å²) in [5, 5.41) is 5.06. The number of nitrogens with zero attached hydrogens (tertiary/aromatic N) is 2. The summed E-state index contributed by atoms with van der Waals surface area (Å²) in [5.41, 5.74) is 22.4. The largest absolute Gasteiger partial charge is 0.309 e. The minimum Gasteiger partial charge on any atom is -0.309 e. The number of rotatable bonds is 6. The topological polar surface area (TPSA) is 9.86 Å². The lowest BCUT2D eigenvalue weighted by Crippen LogP contribution is -1.96. The third-order valence-corrected chi connectivity index (χ3v) is 13.4. The Bertz CT molecular complexity index is 3720. The molecular formula is C61H40N2. The van der Waals surface area contributed by atoms with Gasteiger partial charge < -0.3 is 9.13 Å². The van der Waals surface area contributed by atoms with E-state index in [1.807, 2.05) is 0 Å². The lowest BCUT2D eigenvalue weighted by atomic mass is 9.90. The first-order valence-electron chi connectivity index (χ1n) is 21.9. The Morgan fingerprint density at radius 1 is 0.270 bits per heavy atom. The van der Waals surface area contributed by atoms with E-state index in [-0.39, 0.29) is 0 Å². The molecule has 0 amide bonds. The minimum atomic E-state index is 0.937. The third-order valence-electron chi connectivity index (χ3n) is 13.4. The van der Waals surface area contributed by atoms with Gasteiger partial charge in [-0.15, -0.1) is 0 Å². The Morgan fingerprint density at radius 3 is 1.41 bits per heavy atom. The fourth-order valence-corrected chi connectivity index (χ4v) is 10.5. The molecule has 0 saturated carbocycles. The first kappa shape index (κ1) is 35.5. The SMILES string of the molecule is c1ccc(-c2ccc(-c3cc(-c4cccc(-n5c6ccccc6c6c7c8ccccc8n(-c8ccc(-c9ccccc9)cc8)c7ccc65)c4)cc4c3Cc3ccccc3-4)cc2)cc1. The van der Waals surface area contributed by atoms with Crippen molar-refractivity contribution >= 4 is 43.6 Å². The van der Waals surface area contributed by atoms with Crippen molar-refractivity contribution in [3.05, 3.63) is 242 Å². The van der Waals surface area contributed by atoms with Gasteiger partial charge in [-0.1, -0.05) is 170 Å². The van der Waals surface area contributed by atoms with Crippen molar-refractivity contribution < 1.29 is 0 Å². The smallest absolute Gasteiger partial charge is 0.0548 e. The van der Waals surface area contributed by atoms with Gasteiger partial charge in [0, 0.05) is 32.9 Å². The Kier molecular flexibility index (Phi) is 8.01. The lowest BCUT2D eigenvalue weighted by Gasteiger charge is -2.15. The van der Waals surface area contributed by atoms with Crippen LogP contribution in [0.25, 0.3) is 111 Å². The third kappa shape index (κ3) is 5.65. The standard InChI is InChI=1S/C61H40N2/c1-3-14-40(15-4-1)42-26-28-44(29-27-42)53-38-47(39-54-50-21-8-7-18-46(50)37-55(53)54)45-19-13-20-49(36-45)63-57-25-12-10-23-52(57)61-59(63)35-34-58-60(61)51-22-9-11-24-56(51)62(58)48-32-30-43(31-33-48)41-16-5-2-6-17-41/h1-36,38-39H,37H2. The Morgan fingerprint density at radius 2 is 0.762 bits per heavy atom. The van der Waals surface area contributed by atoms with Gasteiger partial charge in [0.05, 0.1) is 22.1 Å². The second-order valence-corrected chi connectivity index (χ2v) is 16.8. The summed E-state index contributed by atoms with van der Waals surface area (Å²) in [6, 6.07) is 84.8. The van der Waals surface area contributed by atoms with Gasteiger partial charge in [-0.3, -0.25) is 0 Å². The summed E-state index contributed by atoms with van der Waals surface area (Å²) in [4.78, 5) is 0. The zero-order valence-corrected chi connectivity index (χ0v) is 34.5. The Hall–Kier alpha value is -8.20. The van der Waals surface area contributed by atoms with Crippen molar-refractivity contribution in [2.24, 2.45) is 0 Å². The van der Waals surface area contributed by atoms with E-state index in [0.29, 0.717) is 0 Å². The minimum absolute atomic E-state index is 0.937. The summed E-state index contributed by atoms with van der Waals surface area (Å²) >= 11 is 0. The zero-order chi connectivity index (χ0) is 41.4. The van der Waals surface area contributed by atoms with Gasteiger partial charge >= 0.3 is 0 Å². The summed E-state index contributed by atoms with van der Waals surface area (Å²) in [6.07, 6.45) is 0.937. The van der Waals surface area contributed by atoms with Gasteiger partial charge in [-0.25, -0.2) is 0 Å². The van der Waals surface area contributed by atoms with E-state index in [2.05, 4.69) is 240 Å². The van der Waals surface area contributed by atoms with E-state index in [4.69, 9.17) is 0 Å². The number of benzene rings is 10. The van der Waals surface area contributed by atoms with E-state index in [1.165, 1.54) is 110 Å². The Labute approximate surface area is 366 Å². The van der Waals surface area contributed by atoms with Crippen LogP contribution in [-0.2, 0) is 6.42 Å². The van der Waals surface area contributed by atoms with Crippen molar-refractivity contribution in [1.82, 2.24) is 9.13 Å². The summed E-state index contributed by atoms with van der Waals surface area (Å²) in [7, 11) is 0. The molecule has 0 atom stereocenters. The van der Waals surface area contributed by atoms with Crippen LogP contribution in [0.4, 0.5) is 0 Å². The fourth-order valence-electron chi connectivity index (χ4n) is 10.5. The number of hydrogen-bond acceptors (Lipinski definition) is 0. The molecule has 13 rings (SSSR count). The maximum absolute atomic E-state index is 2.47. The molecule has 0 N–H and O–H groups in total. The molecule has 0 fully saturated rings. The molecule has 2 aromatic heterocycles. The van der Waals surface area contributed by atoms with Gasteiger partial charge in [0.15, 0.2) is 0 Å². The molecule has 1 aliphatic carbocycles. The van der Waals surface area contributed by atoms with Gasteiger partial charge in [0.2, 0.25) is 0 Å². The van der Waals surface area contributed by atoms with Crippen molar-refractivity contribution in [3.8, 4) is 67.0 Å². The Balaban J connectivity index is 0.978. The molecule has 1 aliphatic rings. The maximum atomic E-state index is 2.47. The molecule has 10 aromatic carbocycles. The van der Waals surface area contributed by atoms with Crippen molar-refractivity contribution in [2.45, 2.75) is 6.42 Å². The highest BCUT2D eigenvalue weighted by atomic mass is 15.0. The highest BCUT2D eigenvalue weighted by molar-refractivity contribution is 6.29. The van der Waals surface area contributed by atoms with E-state index in [1.54, 1.807) is 0 Å². The average Bonchev–Trinajstić information content (AvgIpc) is 4.02. The second-order valence-electron chi connectivity index (χ2n) is 16.8. The van der Waals surface area contributed by atoms with Gasteiger partial charge in [-0.2, -0.15) is 0 Å². The molecule has 294 valence electrons. The van der Waals surface area contributed by atoms with Gasteiger partial charge in [0.25, 0.3) is 0 Å². The molecule has 2 heteroatoms. The summed E-state index contributed by atoms with van der Waals surface area (Å²) in [5.74, 6) is 0. The molecule has 0 spiro atoms. The first-order valence-corrected chi connectivity index (χ1v) is 21.9. The first-order chi connectivity index (χ1) is 31.2. The zero-order valence-electron chi connectivity index (χ0n) is 34.5. The van der Waals surface area contributed by atoms with Crippen LogP contribution in [0.2, 0.25) is 0 Å². The average molecular weight is 801 g/mol. The van der Waals surface area contributed by atoms with Crippen molar-refractivity contribution in [1.29, 1.82) is 0 Å². The maximum Gasteiger partial charge on any atom is 0.0548 e. The van der Waals surface area contributed by atoms with E-state index >= 15 is 0 Å². The van der Waals surface area contributed by atoms with Crippen LogP contribution in [0.3, 0.4) is 0 Å². The fraction of sp³-hybridized carbons (Fsp3) is 0.0164. The number of aromatic nitrogens is 2. The van der Waals surface area contributed by atoms with Crippen molar-refractivity contribution in [3.63, 3.8) is 0 Å². The van der Waals surface area contributed by atoms with Crippen molar-refractivity contribution in [2.75, 3.05) is 0 Å². The molecule has 0 aliphatic heterocycles. The molecule has 0 unspecified atom stereocenters.